The van der Waals surface area contributed by atoms with Crippen LogP contribution in [0.1, 0.15) is 27.6 Å². The second-order valence-electron chi connectivity index (χ2n) is 4.68. The van der Waals surface area contributed by atoms with E-state index in [0.29, 0.717) is 28.7 Å². The van der Waals surface area contributed by atoms with Crippen molar-refractivity contribution < 1.29 is 19.1 Å². The lowest BCUT2D eigenvalue weighted by Crippen LogP contribution is -2.41. The van der Waals surface area contributed by atoms with Gasteiger partial charge in [0.25, 0.3) is 11.8 Å². The van der Waals surface area contributed by atoms with E-state index in [4.69, 9.17) is 21.1 Å². The molecule has 0 spiro atoms. The highest BCUT2D eigenvalue weighted by Crippen LogP contribution is 2.23. The van der Waals surface area contributed by atoms with Crippen LogP contribution in [0, 0.1) is 0 Å². The summed E-state index contributed by atoms with van der Waals surface area (Å²) in [6, 6.07) is 11.4. The average Bonchev–Trinajstić information content (AvgIpc) is 2.60. The van der Waals surface area contributed by atoms with E-state index in [1.54, 1.807) is 30.3 Å². The zero-order valence-electron chi connectivity index (χ0n) is 13.3. The third-order valence-electron chi connectivity index (χ3n) is 3.13. The van der Waals surface area contributed by atoms with Gasteiger partial charge in [-0.05, 0) is 37.3 Å². The number of amides is 2. The van der Waals surface area contributed by atoms with Gasteiger partial charge in [-0.15, -0.1) is 0 Å². The summed E-state index contributed by atoms with van der Waals surface area (Å²) in [4.78, 5) is 24.4. The number of para-hydroxylation sites is 1. The summed E-state index contributed by atoms with van der Waals surface area (Å²) in [5, 5.41) is 0.443. The van der Waals surface area contributed by atoms with Crippen LogP contribution in [0.15, 0.2) is 42.5 Å². The number of hydrazine groups is 1. The molecule has 0 aliphatic rings. The number of hydrogen-bond acceptors (Lipinski definition) is 4. The normalized spacial score (nSPS) is 9.96. The van der Waals surface area contributed by atoms with Crippen LogP contribution >= 0.6 is 11.6 Å². The van der Waals surface area contributed by atoms with E-state index < -0.39 is 11.8 Å². The van der Waals surface area contributed by atoms with Gasteiger partial charge in [0.05, 0.1) is 24.8 Å². The Morgan fingerprint density at radius 1 is 1.00 bits per heavy atom. The van der Waals surface area contributed by atoms with Gasteiger partial charge in [0, 0.05) is 5.02 Å². The Balaban J connectivity index is 2.08. The van der Waals surface area contributed by atoms with E-state index in [9.17, 15) is 9.59 Å². The van der Waals surface area contributed by atoms with Crippen molar-refractivity contribution in [3.05, 3.63) is 58.6 Å². The Kier molecular flexibility index (Phi) is 6.03. The van der Waals surface area contributed by atoms with E-state index in [-0.39, 0.29) is 5.56 Å². The molecule has 126 valence electrons. The van der Waals surface area contributed by atoms with Crippen molar-refractivity contribution in [2.24, 2.45) is 0 Å². The predicted molar refractivity (Wildman–Crippen MR) is 90.5 cm³/mol. The lowest BCUT2D eigenvalue weighted by molar-refractivity contribution is 0.0842. The Hall–Kier alpha value is -2.73. The Morgan fingerprint density at radius 2 is 1.62 bits per heavy atom. The molecule has 0 aliphatic heterocycles. The number of hydrogen-bond donors (Lipinski definition) is 2. The second kappa shape index (κ2) is 8.21. The molecule has 0 unspecified atom stereocenters. The quantitative estimate of drug-likeness (QED) is 0.815. The first-order chi connectivity index (χ1) is 11.6. The van der Waals surface area contributed by atoms with E-state index in [1.165, 1.54) is 19.2 Å². The fourth-order valence-corrected chi connectivity index (χ4v) is 2.20. The third-order valence-corrected chi connectivity index (χ3v) is 3.36. The molecule has 0 radical (unpaired) electrons. The van der Waals surface area contributed by atoms with E-state index >= 15 is 0 Å². The van der Waals surface area contributed by atoms with Gasteiger partial charge in [-0.3, -0.25) is 20.4 Å². The number of rotatable bonds is 5. The molecular formula is C17H17ClN2O4. The van der Waals surface area contributed by atoms with Crippen LogP contribution < -0.4 is 20.3 Å². The summed E-state index contributed by atoms with van der Waals surface area (Å²) in [5.41, 5.74) is 5.27. The summed E-state index contributed by atoms with van der Waals surface area (Å²) < 4.78 is 10.5. The SMILES string of the molecule is CCOc1ccccc1C(=O)NNC(=O)c1ccc(Cl)cc1OC. The average molecular weight is 349 g/mol. The van der Waals surface area contributed by atoms with Gasteiger partial charge < -0.3 is 9.47 Å². The lowest BCUT2D eigenvalue weighted by Gasteiger charge is -2.12. The number of carbonyl (C=O) groups excluding carboxylic acids is 2. The van der Waals surface area contributed by atoms with Crippen LogP contribution in [0.4, 0.5) is 0 Å². The predicted octanol–water partition coefficient (Wildman–Crippen LogP) is 2.82. The van der Waals surface area contributed by atoms with Crippen molar-refractivity contribution in [3.63, 3.8) is 0 Å². The molecule has 0 heterocycles. The fourth-order valence-electron chi connectivity index (χ4n) is 2.04. The van der Waals surface area contributed by atoms with Crippen LogP contribution in [0.3, 0.4) is 0 Å². The zero-order valence-corrected chi connectivity index (χ0v) is 14.0. The number of benzene rings is 2. The molecule has 2 rings (SSSR count). The topological polar surface area (TPSA) is 76.7 Å². The summed E-state index contributed by atoms with van der Waals surface area (Å²) in [6.45, 7) is 2.25. The molecule has 24 heavy (non-hydrogen) atoms. The molecule has 0 bridgehead atoms. The highest BCUT2D eigenvalue weighted by atomic mass is 35.5. The van der Waals surface area contributed by atoms with Crippen molar-refractivity contribution in [3.8, 4) is 11.5 Å². The smallest absolute Gasteiger partial charge is 0.273 e. The molecule has 2 amide bonds. The lowest BCUT2D eigenvalue weighted by atomic mass is 10.2. The van der Waals surface area contributed by atoms with Crippen LogP contribution in [0.5, 0.6) is 11.5 Å². The molecule has 0 saturated carbocycles. The first-order valence-electron chi connectivity index (χ1n) is 7.22. The maximum atomic E-state index is 12.2. The summed E-state index contributed by atoms with van der Waals surface area (Å²) in [5.74, 6) is -0.258. The monoisotopic (exact) mass is 348 g/mol. The number of ether oxygens (including phenoxy) is 2. The van der Waals surface area contributed by atoms with E-state index in [0.717, 1.165) is 0 Å². The van der Waals surface area contributed by atoms with Gasteiger partial charge in [0.1, 0.15) is 11.5 Å². The molecule has 2 aromatic rings. The first-order valence-corrected chi connectivity index (χ1v) is 7.60. The molecule has 2 N–H and O–H groups in total. The summed E-state index contributed by atoms with van der Waals surface area (Å²) in [6.07, 6.45) is 0. The van der Waals surface area contributed by atoms with Crippen LogP contribution in [0.25, 0.3) is 0 Å². The van der Waals surface area contributed by atoms with Gasteiger partial charge in [-0.2, -0.15) is 0 Å². The van der Waals surface area contributed by atoms with Crippen LogP contribution in [0.2, 0.25) is 5.02 Å². The summed E-state index contributed by atoms with van der Waals surface area (Å²) in [7, 11) is 1.43. The zero-order chi connectivity index (χ0) is 17.5. The van der Waals surface area contributed by atoms with Crippen molar-refractivity contribution in [2.45, 2.75) is 6.92 Å². The summed E-state index contributed by atoms with van der Waals surface area (Å²) >= 11 is 5.86. The van der Waals surface area contributed by atoms with Crippen molar-refractivity contribution in [2.75, 3.05) is 13.7 Å². The maximum Gasteiger partial charge on any atom is 0.273 e. The minimum atomic E-state index is -0.522. The minimum absolute atomic E-state index is 0.250. The molecule has 0 atom stereocenters. The first kappa shape index (κ1) is 17.6. The third kappa shape index (κ3) is 4.17. The standard InChI is InChI=1S/C17H17ClN2O4/c1-3-24-14-7-5-4-6-12(14)16(21)19-20-17(22)13-9-8-11(18)10-15(13)23-2/h4-10H,3H2,1-2H3,(H,19,21)(H,20,22). The highest BCUT2D eigenvalue weighted by Gasteiger charge is 2.16. The highest BCUT2D eigenvalue weighted by molar-refractivity contribution is 6.30. The van der Waals surface area contributed by atoms with E-state index in [1.807, 2.05) is 6.92 Å². The molecule has 2 aromatic carbocycles. The number of methoxy groups -OCH3 is 1. The van der Waals surface area contributed by atoms with Crippen molar-refractivity contribution >= 4 is 23.4 Å². The molecule has 7 heteroatoms. The molecule has 0 aliphatic carbocycles. The number of halogens is 1. The second-order valence-corrected chi connectivity index (χ2v) is 5.12. The minimum Gasteiger partial charge on any atom is -0.496 e. The fraction of sp³-hybridized carbons (Fsp3) is 0.176. The Morgan fingerprint density at radius 3 is 2.25 bits per heavy atom. The molecule has 0 aromatic heterocycles. The van der Waals surface area contributed by atoms with Crippen molar-refractivity contribution in [1.82, 2.24) is 10.9 Å². The molecule has 0 fully saturated rings. The Bertz CT molecular complexity index is 749. The van der Waals surface area contributed by atoms with Gasteiger partial charge >= 0.3 is 0 Å². The van der Waals surface area contributed by atoms with Gasteiger partial charge in [-0.1, -0.05) is 23.7 Å². The molecule has 0 saturated heterocycles. The molecular weight excluding hydrogens is 332 g/mol. The molecule has 6 nitrogen and oxygen atoms in total. The van der Waals surface area contributed by atoms with Gasteiger partial charge in [-0.25, -0.2) is 0 Å². The van der Waals surface area contributed by atoms with Gasteiger partial charge in [0.2, 0.25) is 0 Å². The number of carbonyl (C=O) groups is 2. The van der Waals surface area contributed by atoms with Crippen LogP contribution in [-0.2, 0) is 0 Å². The van der Waals surface area contributed by atoms with Crippen molar-refractivity contribution in [1.29, 1.82) is 0 Å². The number of nitrogens with one attached hydrogen (secondary N) is 2. The Labute approximate surface area is 144 Å². The largest absolute Gasteiger partial charge is 0.496 e. The maximum absolute atomic E-state index is 12.2. The van der Waals surface area contributed by atoms with Gasteiger partial charge in [0.15, 0.2) is 0 Å². The van der Waals surface area contributed by atoms with E-state index in [2.05, 4.69) is 10.9 Å². The van der Waals surface area contributed by atoms with Crippen LogP contribution in [-0.4, -0.2) is 25.5 Å².